The summed E-state index contributed by atoms with van der Waals surface area (Å²) < 4.78 is 64.3. The molecule has 0 atom stereocenters. The second-order valence-electron chi connectivity index (χ2n) is 4.56. The zero-order chi connectivity index (χ0) is 15.3. The van der Waals surface area contributed by atoms with Crippen molar-refractivity contribution in [3.8, 4) is 0 Å². The van der Waals surface area contributed by atoms with E-state index in [0.29, 0.717) is 6.42 Å². The molecule has 0 bridgehead atoms. The van der Waals surface area contributed by atoms with Gasteiger partial charge in [0, 0.05) is 0 Å². The highest BCUT2D eigenvalue weighted by Gasteiger charge is 2.46. The lowest BCUT2D eigenvalue weighted by Gasteiger charge is -2.26. The highest BCUT2D eigenvalue weighted by atomic mass is 32.2. The number of carbonyl (C=O) groups is 1. The van der Waals surface area contributed by atoms with Gasteiger partial charge in [-0.15, -0.1) is 0 Å². The van der Waals surface area contributed by atoms with Crippen LogP contribution in [0.1, 0.15) is 33.6 Å². The van der Waals surface area contributed by atoms with Crippen molar-refractivity contribution in [3.63, 3.8) is 0 Å². The summed E-state index contributed by atoms with van der Waals surface area (Å²) in [5.41, 5.74) is -1.33. The number of hydrogen-bond donors (Lipinski definition) is 1. The molecule has 0 amide bonds. The lowest BCUT2D eigenvalue weighted by Crippen LogP contribution is -2.39. The van der Waals surface area contributed by atoms with Gasteiger partial charge in [-0.1, -0.05) is 6.92 Å². The number of rotatable bonds is 8. The number of halogens is 2. The SMILES string of the molecule is CCCOC(=O)CC(C)(C)OCC(F)(F)S(=O)(=O)O. The average molecular weight is 304 g/mol. The minimum absolute atomic E-state index is 0.204. The first kappa shape index (κ1) is 18.2. The maximum atomic E-state index is 12.9. The van der Waals surface area contributed by atoms with Crippen LogP contribution in [0, 0.1) is 0 Å². The van der Waals surface area contributed by atoms with Crippen LogP contribution in [-0.4, -0.2) is 43.0 Å². The summed E-state index contributed by atoms with van der Waals surface area (Å²) in [4.78, 5) is 11.3. The van der Waals surface area contributed by atoms with E-state index < -0.39 is 33.5 Å². The quantitative estimate of drug-likeness (QED) is 0.541. The van der Waals surface area contributed by atoms with E-state index in [9.17, 15) is 22.0 Å². The fourth-order valence-electron chi connectivity index (χ4n) is 1.02. The normalized spacial score (nSPS) is 13.4. The monoisotopic (exact) mass is 304 g/mol. The Hall–Kier alpha value is -0.800. The zero-order valence-electron chi connectivity index (χ0n) is 11.0. The van der Waals surface area contributed by atoms with Crippen molar-refractivity contribution < 1.29 is 36.0 Å². The summed E-state index contributed by atoms with van der Waals surface area (Å²) in [5, 5.41) is -4.42. The Bertz CT molecular complexity index is 404. The van der Waals surface area contributed by atoms with Crippen molar-refractivity contribution in [2.45, 2.75) is 44.5 Å². The summed E-state index contributed by atoms with van der Waals surface area (Å²) in [5.74, 6) is -0.637. The molecule has 0 aromatic rings. The molecule has 0 radical (unpaired) electrons. The highest BCUT2D eigenvalue weighted by Crippen LogP contribution is 2.25. The van der Waals surface area contributed by atoms with E-state index in [1.165, 1.54) is 13.8 Å². The fraction of sp³-hybridized carbons (Fsp3) is 0.900. The van der Waals surface area contributed by atoms with Gasteiger partial charge in [0.25, 0.3) is 0 Å². The third-order valence-corrected chi connectivity index (χ3v) is 2.92. The molecule has 0 aromatic carbocycles. The summed E-state index contributed by atoms with van der Waals surface area (Å²) in [7, 11) is -5.54. The topological polar surface area (TPSA) is 89.9 Å². The van der Waals surface area contributed by atoms with Gasteiger partial charge in [-0.2, -0.15) is 17.2 Å². The molecule has 0 rings (SSSR count). The van der Waals surface area contributed by atoms with E-state index in [4.69, 9.17) is 9.29 Å². The van der Waals surface area contributed by atoms with Crippen molar-refractivity contribution in [3.05, 3.63) is 0 Å². The Labute approximate surface area is 110 Å². The second kappa shape index (κ2) is 6.58. The third kappa shape index (κ3) is 6.79. The molecule has 0 saturated heterocycles. The van der Waals surface area contributed by atoms with Crippen LogP contribution in [0.3, 0.4) is 0 Å². The van der Waals surface area contributed by atoms with E-state index in [2.05, 4.69) is 4.74 Å². The van der Waals surface area contributed by atoms with Gasteiger partial charge in [-0.25, -0.2) is 0 Å². The lowest BCUT2D eigenvalue weighted by atomic mass is 10.1. The Morgan fingerprint density at radius 2 is 1.84 bits per heavy atom. The maximum Gasteiger partial charge on any atom is 0.392 e. The largest absolute Gasteiger partial charge is 0.466 e. The molecule has 19 heavy (non-hydrogen) atoms. The first-order valence-electron chi connectivity index (χ1n) is 5.56. The molecule has 0 aliphatic heterocycles. The molecule has 0 aliphatic carbocycles. The van der Waals surface area contributed by atoms with Gasteiger partial charge < -0.3 is 9.47 Å². The molecule has 0 aromatic heterocycles. The number of carbonyl (C=O) groups excluding carboxylic acids is 1. The van der Waals surface area contributed by atoms with Crippen LogP contribution >= 0.6 is 0 Å². The van der Waals surface area contributed by atoms with Gasteiger partial charge in [0.1, 0.15) is 6.61 Å². The van der Waals surface area contributed by atoms with Crippen molar-refractivity contribution in [1.29, 1.82) is 0 Å². The summed E-state index contributed by atoms with van der Waals surface area (Å²) in [6, 6.07) is 0. The number of alkyl halides is 2. The van der Waals surface area contributed by atoms with Crippen LogP contribution in [-0.2, 0) is 24.4 Å². The standard InChI is InChI=1S/C10H18F2O6S/c1-4-5-17-8(13)6-9(2,3)18-7-10(11,12)19(14,15)16/h4-7H2,1-3H3,(H,14,15,16). The predicted molar refractivity (Wildman–Crippen MR) is 62.4 cm³/mol. The van der Waals surface area contributed by atoms with Crippen LogP contribution in [0.15, 0.2) is 0 Å². The number of esters is 1. The molecule has 0 heterocycles. The summed E-state index contributed by atoms with van der Waals surface area (Å²) in [6.45, 7) is 3.12. The van der Waals surface area contributed by atoms with Crippen LogP contribution < -0.4 is 0 Å². The predicted octanol–water partition coefficient (Wildman–Crippen LogP) is 1.61. The zero-order valence-corrected chi connectivity index (χ0v) is 11.8. The first-order valence-corrected chi connectivity index (χ1v) is 7.00. The van der Waals surface area contributed by atoms with Crippen LogP contribution in [0.5, 0.6) is 0 Å². The minimum Gasteiger partial charge on any atom is -0.466 e. The minimum atomic E-state index is -5.54. The van der Waals surface area contributed by atoms with Crippen LogP contribution in [0.4, 0.5) is 8.78 Å². The Balaban J connectivity index is 4.43. The Kier molecular flexibility index (Phi) is 6.30. The second-order valence-corrected chi connectivity index (χ2v) is 6.11. The van der Waals surface area contributed by atoms with Gasteiger partial charge in [0.15, 0.2) is 0 Å². The molecule has 1 N–H and O–H groups in total. The highest BCUT2D eigenvalue weighted by molar-refractivity contribution is 7.86. The molecule has 114 valence electrons. The molecule has 0 unspecified atom stereocenters. The number of ether oxygens (including phenoxy) is 2. The van der Waals surface area contributed by atoms with Gasteiger partial charge in [0.2, 0.25) is 0 Å². The van der Waals surface area contributed by atoms with E-state index in [0.717, 1.165) is 0 Å². The molecule has 0 spiro atoms. The smallest absolute Gasteiger partial charge is 0.392 e. The molecule has 0 fully saturated rings. The fourth-order valence-corrected chi connectivity index (χ4v) is 1.23. The molecular formula is C10H18F2O6S. The molecule has 6 nitrogen and oxygen atoms in total. The van der Waals surface area contributed by atoms with Gasteiger partial charge in [-0.3, -0.25) is 9.35 Å². The average Bonchev–Trinajstić information content (AvgIpc) is 2.22. The van der Waals surface area contributed by atoms with Crippen LogP contribution in [0.2, 0.25) is 0 Å². The third-order valence-electron chi connectivity index (χ3n) is 2.05. The van der Waals surface area contributed by atoms with Gasteiger partial charge >= 0.3 is 21.3 Å². The van der Waals surface area contributed by atoms with Crippen molar-refractivity contribution >= 4 is 16.1 Å². The Morgan fingerprint density at radius 1 is 1.32 bits per heavy atom. The summed E-state index contributed by atoms with van der Waals surface area (Å²) in [6.07, 6.45) is 0.308. The molecule has 9 heteroatoms. The number of hydrogen-bond acceptors (Lipinski definition) is 5. The molecule has 0 saturated carbocycles. The first-order chi connectivity index (χ1) is 8.41. The van der Waals surface area contributed by atoms with Crippen molar-refractivity contribution in [2.75, 3.05) is 13.2 Å². The maximum absolute atomic E-state index is 12.9. The Morgan fingerprint density at radius 3 is 2.26 bits per heavy atom. The summed E-state index contributed by atoms with van der Waals surface area (Å²) >= 11 is 0. The van der Waals surface area contributed by atoms with E-state index in [-0.39, 0.29) is 13.0 Å². The van der Waals surface area contributed by atoms with E-state index in [1.807, 2.05) is 0 Å². The van der Waals surface area contributed by atoms with Gasteiger partial charge in [-0.05, 0) is 20.3 Å². The van der Waals surface area contributed by atoms with E-state index >= 15 is 0 Å². The molecule has 0 aliphatic rings. The van der Waals surface area contributed by atoms with E-state index in [1.54, 1.807) is 6.92 Å². The van der Waals surface area contributed by atoms with Crippen LogP contribution in [0.25, 0.3) is 0 Å². The molecular weight excluding hydrogens is 286 g/mol. The van der Waals surface area contributed by atoms with Crippen molar-refractivity contribution in [2.24, 2.45) is 0 Å². The van der Waals surface area contributed by atoms with Crippen molar-refractivity contribution in [1.82, 2.24) is 0 Å². The lowest BCUT2D eigenvalue weighted by molar-refractivity contribution is -0.153. The van der Waals surface area contributed by atoms with Gasteiger partial charge in [0.05, 0.1) is 18.6 Å².